The van der Waals surface area contributed by atoms with Gasteiger partial charge in [0, 0.05) is 11.4 Å². The summed E-state index contributed by atoms with van der Waals surface area (Å²) in [5.74, 6) is -0.0403. The smallest absolute Gasteiger partial charge is 0.783 e. The van der Waals surface area contributed by atoms with Gasteiger partial charge in [-0.25, -0.2) is 0 Å². The molecule has 2 N–H and O–H groups in total. The van der Waals surface area contributed by atoms with Gasteiger partial charge >= 0.3 is 17.1 Å². The SMILES string of the molecule is Cc1ccccc1NC(=O)C[S-].Cc1ccccc1NC(=O)C[S-].[Cu+2]. The molecule has 0 aliphatic heterocycles. The Hall–Kier alpha value is -1.40. The average molecular weight is 424 g/mol. The Morgan fingerprint density at radius 3 is 1.36 bits per heavy atom. The van der Waals surface area contributed by atoms with Crippen LogP contribution < -0.4 is 10.6 Å². The number of nitrogens with one attached hydrogen (secondary N) is 2. The third-order valence-electron chi connectivity index (χ3n) is 3.10. The van der Waals surface area contributed by atoms with E-state index in [1.54, 1.807) is 0 Å². The van der Waals surface area contributed by atoms with Crippen LogP contribution in [0, 0.1) is 13.8 Å². The second-order valence-electron chi connectivity index (χ2n) is 5.01. The molecule has 0 saturated heterocycles. The second-order valence-corrected chi connectivity index (χ2v) is 5.59. The number of carbonyl (C=O) groups is 2. The summed E-state index contributed by atoms with van der Waals surface area (Å²) in [6.45, 7) is 3.89. The molecule has 2 aromatic carbocycles. The first-order valence-corrected chi connectivity index (χ1v) is 8.50. The van der Waals surface area contributed by atoms with Gasteiger partial charge in [-0.15, -0.1) is 0 Å². The fourth-order valence-corrected chi connectivity index (χ4v) is 1.94. The normalized spacial score (nSPS) is 9.12. The van der Waals surface area contributed by atoms with Gasteiger partial charge in [0.1, 0.15) is 0 Å². The first-order chi connectivity index (χ1) is 11.5. The summed E-state index contributed by atoms with van der Waals surface area (Å²) in [6.07, 6.45) is 0. The molecule has 2 rings (SSSR count). The van der Waals surface area contributed by atoms with Gasteiger partial charge in [-0.1, -0.05) is 47.9 Å². The summed E-state index contributed by atoms with van der Waals surface area (Å²) in [5.41, 5.74) is 3.78. The number of rotatable bonds is 4. The predicted octanol–water partition coefficient (Wildman–Crippen LogP) is 2.96. The van der Waals surface area contributed by atoms with Crippen molar-refractivity contribution in [2.24, 2.45) is 0 Å². The third kappa shape index (κ3) is 9.02. The first-order valence-electron chi connectivity index (χ1n) is 7.35. The van der Waals surface area contributed by atoms with E-state index in [1.807, 2.05) is 62.4 Å². The molecule has 137 valence electrons. The van der Waals surface area contributed by atoms with Crippen molar-refractivity contribution in [3.05, 3.63) is 59.7 Å². The number of amides is 2. The maximum Gasteiger partial charge on any atom is 2.00 e. The Bertz CT molecular complexity index is 637. The molecule has 0 heterocycles. The minimum absolute atomic E-state index is 0. The van der Waals surface area contributed by atoms with Gasteiger partial charge in [0.15, 0.2) is 11.8 Å². The molecule has 2 amide bonds. The topological polar surface area (TPSA) is 58.2 Å². The van der Waals surface area contributed by atoms with Crippen LogP contribution in [0.1, 0.15) is 11.1 Å². The maximum absolute atomic E-state index is 10.9. The Morgan fingerprint density at radius 2 is 1.08 bits per heavy atom. The summed E-state index contributed by atoms with van der Waals surface area (Å²) >= 11 is 9.21. The van der Waals surface area contributed by atoms with E-state index in [2.05, 4.69) is 35.9 Å². The van der Waals surface area contributed by atoms with Crippen LogP contribution in [-0.2, 0) is 51.9 Å². The van der Waals surface area contributed by atoms with Crippen LogP contribution in [0.4, 0.5) is 11.4 Å². The van der Waals surface area contributed by atoms with Crippen LogP contribution in [0.5, 0.6) is 0 Å². The zero-order valence-corrected chi connectivity index (χ0v) is 16.5. The van der Waals surface area contributed by atoms with Crippen molar-refractivity contribution in [2.45, 2.75) is 13.8 Å². The van der Waals surface area contributed by atoms with E-state index in [9.17, 15) is 9.59 Å². The number of hydrogen-bond acceptors (Lipinski definition) is 4. The third-order valence-corrected chi connectivity index (χ3v) is 3.62. The molecule has 0 unspecified atom stereocenters. The molecule has 0 aliphatic carbocycles. The average Bonchev–Trinajstić information content (AvgIpc) is 2.59. The molecule has 0 spiro atoms. The molecule has 0 atom stereocenters. The van der Waals surface area contributed by atoms with Crippen LogP contribution in [0.15, 0.2) is 48.5 Å². The number of para-hydroxylation sites is 2. The summed E-state index contributed by atoms with van der Waals surface area (Å²) in [4.78, 5) is 21.8. The predicted molar refractivity (Wildman–Crippen MR) is 104 cm³/mol. The van der Waals surface area contributed by atoms with E-state index in [0.717, 1.165) is 22.5 Å². The molecule has 0 fully saturated rings. The molecular weight excluding hydrogens is 404 g/mol. The van der Waals surface area contributed by atoms with E-state index >= 15 is 0 Å². The molecular formula is C18H20CuN2O2S2. The van der Waals surface area contributed by atoms with E-state index in [0.29, 0.717) is 0 Å². The molecule has 1 radical (unpaired) electrons. The summed E-state index contributed by atoms with van der Waals surface area (Å²) in [7, 11) is 0. The number of hydrogen-bond donors (Lipinski definition) is 2. The molecule has 0 saturated carbocycles. The largest absolute Gasteiger partial charge is 2.00 e. The molecule has 4 nitrogen and oxygen atoms in total. The fraction of sp³-hybridized carbons (Fsp3) is 0.222. The number of anilines is 2. The van der Waals surface area contributed by atoms with Crippen molar-refractivity contribution in [3.63, 3.8) is 0 Å². The van der Waals surface area contributed by atoms with E-state index in [1.165, 1.54) is 0 Å². The number of benzene rings is 2. The Morgan fingerprint density at radius 1 is 0.760 bits per heavy atom. The Labute approximate surface area is 170 Å². The van der Waals surface area contributed by atoms with Gasteiger partial charge in [0.2, 0.25) is 0 Å². The number of carbonyl (C=O) groups excluding carboxylic acids is 2. The quantitative estimate of drug-likeness (QED) is 0.586. The maximum atomic E-state index is 10.9. The van der Waals surface area contributed by atoms with Crippen LogP contribution in [0.3, 0.4) is 0 Å². The zero-order valence-electron chi connectivity index (χ0n) is 14.0. The van der Waals surface area contributed by atoms with E-state index in [-0.39, 0.29) is 40.4 Å². The van der Waals surface area contributed by atoms with Crippen molar-refractivity contribution in [1.29, 1.82) is 0 Å². The van der Waals surface area contributed by atoms with Crippen LogP contribution >= 0.6 is 0 Å². The van der Waals surface area contributed by atoms with Crippen LogP contribution in [0.25, 0.3) is 0 Å². The van der Waals surface area contributed by atoms with Crippen molar-refractivity contribution in [2.75, 3.05) is 22.1 Å². The molecule has 7 heteroatoms. The summed E-state index contributed by atoms with van der Waals surface area (Å²) in [5, 5.41) is 5.43. The molecule has 0 bridgehead atoms. The molecule has 2 aromatic rings. The second kappa shape index (κ2) is 12.9. The van der Waals surface area contributed by atoms with Crippen molar-refractivity contribution in [1.82, 2.24) is 0 Å². The summed E-state index contributed by atoms with van der Waals surface area (Å²) < 4.78 is 0. The molecule has 0 aromatic heterocycles. The van der Waals surface area contributed by atoms with Crippen molar-refractivity contribution >= 4 is 48.4 Å². The van der Waals surface area contributed by atoms with Gasteiger partial charge in [-0.05, 0) is 37.1 Å². The standard InChI is InChI=1S/2C9H11NOS.Cu/c2*1-7-4-2-3-5-8(7)10-9(11)6-12;/h2*2-5,12H,6H2,1H3,(H,10,11);/q;;+2/p-2. The number of aryl methyl sites for hydroxylation is 2. The van der Waals surface area contributed by atoms with Gasteiger partial charge in [-0.2, -0.15) is 0 Å². The zero-order chi connectivity index (χ0) is 17.9. The minimum Gasteiger partial charge on any atom is -0.783 e. The minimum atomic E-state index is -0.126. The molecule has 0 aliphatic rings. The van der Waals surface area contributed by atoms with Gasteiger partial charge in [-0.3, -0.25) is 9.59 Å². The van der Waals surface area contributed by atoms with Gasteiger partial charge in [0.25, 0.3) is 0 Å². The van der Waals surface area contributed by atoms with E-state index < -0.39 is 0 Å². The van der Waals surface area contributed by atoms with E-state index in [4.69, 9.17) is 0 Å². The van der Waals surface area contributed by atoms with Gasteiger partial charge in [0.05, 0.1) is 0 Å². The van der Waals surface area contributed by atoms with Crippen molar-refractivity contribution in [3.8, 4) is 0 Å². The van der Waals surface area contributed by atoms with Crippen molar-refractivity contribution < 1.29 is 26.7 Å². The first kappa shape index (κ1) is 23.6. The molecule has 25 heavy (non-hydrogen) atoms. The van der Waals surface area contributed by atoms with Crippen LogP contribution in [0.2, 0.25) is 0 Å². The fourth-order valence-electron chi connectivity index (χ4n) is 1.80. The monoisotopic (exact) mass is 423 g/mol. The Kier molecular flexibility index (Phi) is 12.2. The van der Waals surface area contributed by atoms with Gasteiger partial charge < -0.3 is 35.9 Å². The Balaban J connectivity index is 0.000000443. The van der Waals surface area contributed by atoms with Crippen LogP contribution in [-0.4, -0.2) is 23.3 Å². The summed E-state index contributed by atoms with van der Waals surface area (Å²) in [6, 6.07) is 15.2.